The number of hydrogen-bond acceptors (Lipinski definition) is 3. The van der Waals surface area contributed by atoms with Gasteiger partial charge < -0.3 is 10.1 Å². The van der Waals surface area contributed by atoms with Crippen molar-refractivity contribution in [3.8, 4) is 0 Å². The maximum Gasteiger partial charge on any atom is 0.0576 e. The van der Waals surface area contributed by atoms with Crippen LogP contribution in [0, 0.1) is 5.92 Å². The molecule has 1 saturated heterocycles. The molecule has 90 valence electrons. The van der Waals surface area contributed by atoms with Gasteiger partial charge in [-0.1, -0.05) is 6.92 Å². The molecule has 1 heterocycles. The highest BCUT2D eigenvalue weighted by atomic mass is 32.2. The Hall–Kier alpha value is 0.270. The van der Waals surface area contributed by atoms with Crippen molar-refractivity contribution in [3.05, 3.63) is 0 Å². The van der Waals surface area contributed by atoms with E-state index in [4.69, 9.17) is 4.74 Å². The molecule has 0 aliphatic carbocycles. The van der Waals surface area contributed by atoms with Crippen molar-refractivity contribution in [2.75, 3.05) is 31.7 Å². The quantitative estimate of drug-likeness (QED) is 0.649. The Labute approximate surface area is 98.5 Å². The van der Waals surface area contributed by atoms with Crippen LogP contribution in [-0.2, 0) is 4.74 Å². The van der Waals surface area contributed by atoms with Crippen LogP contribution in [0.1, 0.15) is 32.6 Å². The van der Waals surface area contributed by atoms with Crippen LogP contribution in [0.4, 0.5) is 0 Å². The van der Waals surface area contributed by atoms with Crippen molar-refractivity contribution in [2.45, 2.75) is 38.7 Å². The zero-order valence-corrected chi connectivity index (χ0v) is 10.9. The molecule has 1 fully saturated rings. The van der Waals surface area contributed by atoms with E-state index < -0.39 is 0 Å². The molecule has 0 amide bonds. The van der Waals surface area contributed by atoms with E-state index in [9.17, 15) is 0 Å². The molecule has 0 saturated carbocycles. The minimum Gasteiger partial charge on any atom is -0.378 e. The molecule has 15 heavy (non-hydrogen) atoms. The summed E-state index contributed by atoms with van der Waals surface area (Å²) in [5.41, 5.74) is 0. The summed E-state index contributed by atoms with van der Waals surface area (Å²) in [6.07, 6.45) is 7.79. The maximum atomic E-state index is 5.59. The third kappa shape index (κ3) is 6.44. The predicted octanol–water partition coefficient (Wildman–Crippen LogP) is 2.53. The van der Waals surface area contributed by atoms with Crippen molar-refractivity contribution in [1.29, 1.82) is 0 Å². The lowest BCUT2D eigenvalue weighted by atomic mass is 10.1. The molecule has 0 spiro atoms. The van der Waals surface area contributed by atoms with Gasteiger partial charge in [0.2, 0.25) is 0 Å². The van der Waals surface area contributed by atoms with E-state index in [0.717, 1.165) is 25.6 Å². The lowest BCUT2D eigenvalue weighted by molar-refractivity contribution is 0.102. The van der Waals surface area contributed by atoms with E-state index in [1.165, 1.54) is 31.4 Å². The van der Waals surface area contributed by atoms with Gasteiger partial charge in [-0.3, -0.25) is 0 Å². The summed E-state index contributed by atoms with van der Waals surface area (Å²) in [6, 6.07) is 0. The number of thioether (sulfide) groups is 1. The Morgan fingerprint density at radius 3 is 3.07 bits per heavy atom. The summed E-state index contributed by atoms with van der Waals surface area (Å²) in [5.74, 6) is 2.06. The second-order valence-corrected chi connectivity index (χ2v) is 5.45. The largest absolute Gasteiger partial charge is 0.378 e. The van der Waals surface area contributed by atoms with Crippen LogP contribution in [0.2, 0.25) is 0 Å². The summed E-state index contributed by atoms with van der Waals surface area (Å²) in [4.78, 5) is 0. The third-order valence-electron chi connectivity index (χ3n) is 2.85. The first-order chi connectivity index (χ1) is 7.33. The van der Waals surface area contributed by atoms with Crippen LogP contribution >= 0.6 is 11.8 Å². The van der Waals surface area contributed by atoms with Gasteiger partial charge in [0.15, 0.2) is 0 Å². The van der Waals surface area contributed by atoms with E-state index in [1.54, 1.807) is 0 Å². The van der Waals surface area contributed by atoms with Crippen molar-refractivity contribution < 1.29 is 4.74 Å². The zero-order chi connectivity index (χ0) is 10.9. The van der Waals surface area contributed by atoms with Crippen molar-refractivity contribution >= 4 is 11.8 Å². The SMILES string of the molecule is CSCC(C)CNCCCC1CCCO1. The Morgan fingerprint density at radius 1 is 1.53 bits per heavy atom. The van der Waals surface area contributed by atoms with Crippen molar-refractivity contribution in [3.63, 3.8) is 0 Å². The standard InChI is InChI=1S/C12H25NOS/c1-11(10-15-2)9-13-7-3-5-12-6-4-8-14-12/h11-13H,3-10H2,1-2H3. The smallest absolute Gasteiger partial charge is 0.0576 e. The second-order valence-electron chi connectivity index (χ2n) is 4.54. The van der Waals surface area contributed by atoms with Gasteiger partial charge in [0.1, 0.15) is 0 Å². The Bertz CT molecular complexity index is 149. The Balaban J connectivity index is 1.84. The van der Waals surface area contributed by atoms with Gasteiger partial charge in [-0.25, -0.2) is 0 Å². The molecule has 1 N–H and O–H groups in total. The van der Waals surface area contributed by atoms with E-state index in [2.05, 4.69) is 18.5 Å². The van der Waals surface area contributed by atoms with Crippen molar-refractivity contribution in [1.82, 2.24) is 5.32 Å². The van der Waals surface area contributed by atoms with E-state index in [1.807, 2.05) is 11.8 Å². The molecule has 1 rings (SSSR count). The monoisotopic (exact) mass is 231 g/mol. The molecular formula is C12H25NOS. The van der Waals surface area contributed by atoms with Crippen LogP contribution in [0.25, 0.3) is 0 Å². The van der Waals surface area contributed by atoms with Gasteiger partial charge in [0.25, 0.3) is 0 Å². The molecule has 1 aliphatic rings. The minimum atomic E-state index is 0.565. The molecule has 1 aliphatic heterocycles. The van der Waals surface area contributed by atoms with Gasteiger partial charge in [-0.15, -0.1) is 0 Å². The van der Waals surface area contributed by atoms with E-state index >= 15 is 0 Å². The molecule has 0 aromatic heterocycles. The second kappa shape index (κ2) is 8.43. The van der Waals surface area contributed by atoms with E-state index in [-0.39, 0.29) is 0 Å². The average Bonchev–Trinajstić information content (AvgIpc) is 2.70. The molecule has 0 aromatic carbocycles. The molecule has 0 radical (unpaired) electrons. The normalized spacial score (nSPS) is 23.2. The molecule has 0 aromatic rings. The van der Waals surface area contributed by atoms with Crippen LogP contribution in [0.5, 0.6) is 0 Å². The number of nitrogens with one attached hydrogen (secondary N) is 1. The van der Waals surface area contributed by atoms with Crippen LogP contribution in [-0.4, -0.2) is 37.8 Å². The number of rotatable bonds is 8. The number of hydrogen-bond donors (Lipinski definition) is 1. The predicted molar refractivity (Wildman–Crippen MR) is 68.6 cm³/mol. The molecule has 3 heteroatoms. The van der Waals surface area contributed by atoms with Crippen LogP contribution in [0.15, 0.2) is 0 Å². The molecule has 2 unspecified atom stereocenters. The lowest BCUT2D eigenvalue weighted by Gasteiger charge is -2.12. The first-order valence-corrected chi connectivity index (χ1v) is 7.53. The minimum absolute atomic E-state index is 0.565. The third-order valence-corrected chi connectivity index (χ3v) is 3.75. The highest BCUT2D eigenvalue weighted by Gasteiger charge is 2.14. The fourth-order valence-electron chi connectivity index (χ4n) is 2.02. The summed E-state index contributed by atoms with van der Waals surface area (Å²) in [6.45, 7) is 5.61. The first kappa shape index (κ1) is 13.3. The zero-order valence-electron chi connectivity index (χ0n) is 10.1. The topological polar surface area (TPSA) is 21.3 Å². The fourth-order valence-corrected chi connectivity index (χ4v) is 2.71. The summed E-state index contributed by atoms with van der Waals surface area (Å²) >= 11 is 1.93. The Morgan fingerprint density at radius 2 is 2.40 bits per heavy atom. The van der Waals surface area contributed by atoms with Gasteiger partial charge >= 0.3 is 0 Å². The Kier molecular flexibility index (Phi) is 7.49. The molecule has 0 bridgehead atoms. The van der Waals surface area contributed by atoms with Crippen molar-refractivity contribution in [2.24, 2.45) is 5.92 Å². The van der Waals surface area contributed by atoms with E-state index in [0.29, 0.717) is 6.10 Å². The fraction of sp³-hybridized carbons (Fsp3) is 1.00. The summed E-state index contributed by atoms with van der Waals surface area (Å²) in [5, 5.41) is 3.53. The summed E-state index contributed by atoms with van der Waals surface area (Å²) < 4.78 is 5.59. The maximum absolute atomic E-state index is 5.59. The van der Waals surface area contributed by atoms with Gasteiger partial charge in [-0.05, 0) is 56.7 Å². The van der Waals surface area contributed by atoms with Gasteiger partial charge in [-0.2, -0.15) is 11.8 Å². The van der Waals surface area contributed by atoms with Gasteiger partial charge in [0.05, 0.1) is 6.10 Å². The lowest BCUT2D eigenvalue weighted by Crippen LogP contribution is -2.24. The molecule has 2 nitrogen and oxygen atoms in total. The molecule has 2 atom stereocenters. The summed E-state index contributed by atoms with van der Waals surface area (Å²) in [7, 11) is 0. The van der Waals surface area contributed by atoms with Crippen LogP contribution < -0.4 is 5.32 Å². The highest BCUT2D eigenvalue weighted by Crippen LogP contribution is 2.16. The van der Waals surface area contributed by atoms with Gasteiger partial charge in [0, 0.05) is 6.61 Å². The average molecular weight is 231 g/mol. The first-order valence-electron chi connectivity index (χ1n) is 6.14. The van der Waals surface area contributed by atoms with Crippen LogP contribution in [0.3, 0.4) is 0 Å². The highest BCUT2D eigenvalue weighted by molar-refractivity contribution is 7.98. The number of ether oxygens (including phenoxy) is 1. The molecular weight excluding hydrogens is 206 g/mol.